The Hall–Kier alpha value is -2.36. The lowest BCUT2D eigenvalue weighted by Crippen LogP contribution is -2.39. The number of halogens is 2. The third-order valence-electron chi connectivity index (χ3n) is 5.82. The lowest BCUT2D eigenvalue weighted by atomic mass is 9.62. The van der Waals surface area contributed by atoms with Crippen molar-refractivity contribution in [3.05, 3.63) is 23.8 Å². The number of alkyl halides is 2. The number of hydrogen-bond acceptors (Lipinski definition) is 4. The first-order chi connectivity index (χ1) is 12.8. The third kappa shape index (κ3) is 4.15. The number of ether oxygens (including phenoxy) is 2. The van der Waals surface area contributed by atoms with E-state index in [1.54, 1.807) is 19.1 Å². The molecule has 7 heteroatoms. The fraction of sp³-hybridized carbons (Fsp3) is 0.600. The highest BCUT2D eigenvalue weighted by Crippen LogP contribution is 2.48. The molecule has 0 aromatic heterocycles. The topological polar surface area (TPSA) is 79.5 Å². The average Bonchev–Trinajstić information content (AvgIpc) is 3.46. The van der Waals surface area contributed by atoms with Gasteiger partial charge in [-0.1, -0.05) is 6.07 Å². The van der Waals surface area contributed by atoms with Crippen LogP contribution in [-0.2, 0) is 10.2 Å². The van der Waals surface area contributed by atoms with Gasteiger partial charge in [-0.05, 0) is 69.1 Å². The molecule has 1 aromatic rings. The fourth-order valence-electron chi connectivity index (χ4n) is 3.51. The number of nitriles is 1. The molecule has 0 bridgehead atoms. The first kappa shape index (κ1) is 19.4. The van der Waals surface area contributed by atoms with Crippen molar-refractivity contribution in [2.75, 3.05) is 6.61 Å². The maximum Gasteiger partial charge on any atom is 0.387 e. The minimum Gasteiger partial charge on any atom is -0.489 e. The summed E-state index contributed by atoms with van der Waals surface area (Å²) in [5.41, 5.74) is -1.04. The minimum atomic E-state index is -2.96. The smallest absolute Gasteiger partial charge is 0.387 e. The molecule has 0 amide bonds. The van der Waals surface area contributed by atoms with Crippen LogP contribution in [0.1, 0.15) is 51.0 Å². The van der Waals surface area contributed by atoms with E-state index in [9.17, 15) is 23.9 Å². The molecule has 0 heterocycles. The van der Waals surface area contributed by atoms with Crippen LogP contribution in [0.3, 0.4) is 0 Å². The van der Waals surface area contributed by atoms with Crippen molar-refractivity contribution in [2.45, 2.75) is 57.5 Å². The fourth-order valence-corrected chi connectivity index (χ4v) is 3.51. The third-order valence-corrected chi connectivity index (χ3v) is 5.82. The molecular formula is C20H23F2NO4. The Kier molecular flexibility index (Phi) is 5.27. The second-order valence-corrected chi connectivity index (χ2v) is 7.85. The number of rotatable bonds is 7. The molecule has 0 aliphatic heterocycles. The lowest BCUT2D eigenvalue weighted by molar-refractivity contribution is -0.150. The van der Waals surface area contributed by atoms with E-state index < -0.39 is 23.4 Å². The number of hydrogen-bond donors (Lipinski definition) is 1. The average molecular weight is 379 g/mol. The quantitative estimate of drug-likeness (QED) is 0.754. The highest BCUT2D eigenvalue weighted by molar-refractivity contribution is 5.74. The lowest BCUT2D eigenvalue weighted by Gasteiger charge is -2.39. The van der Waals surface area contributed by atoms with Gasteiger partial charge >= 0.3 is 12.6 Å². The molecule has 2 fully saturated rings. The summed E-state index contributed by atoms with van der Waals surface area (Å²) >= 11 is 0. The molecule has 1 aromatic carbocycles. The molecule has 146 valence electrons. The van der Waals surface area contributed by atoms with E-state index in [1.165, 1.54) is 6.07 Å². The van der Waals surface area contributed by atoms with E-state index in [0.29, 0.717) is 43.8 Å². The van der Waals surface area contributed by atoms with Gasteiger partial charge in [0.1, 0.15) is 0 Å². The second kappa shape index (κ2) is 7.34. The standard InChI is InChI=1S/C20H23F2NO4/c1-19(17(24)25)6-8-20(12-23,9-7-19)14-4-5-15(27-18(21)22)16(10-14)26-11-13-2-3-13/h4-5,10,13,18H,2-3,6-9,11H2,1H3,(H,24,25). The molecule has 0 unspecified atom stereocenters. The zero-order chi connectivity index (χ0) is 19.7. The summed E-state index contributed by atoms with van der Waals surface area (Å²) in [6.45, 7) is -0.838. The summed E-state index contributed by atoms with van der Waals surface area (Å²) in [6.07, 6.45) is 3.65. The molecular weight excluding hydrogens is 356 g/mol. The molecule has 5 nitrogen and oxygen atoms in total. The number of benzene rings is 1. The molecule has 2 aliphatic carbocycles. The van der Waals surface area contributed by atoms with Crippen LogP contribution in [0.15, 0.2) is 18.2 Å². The predicted octanol–water partition coefficient (Wildman–Crippen LogP) is 4.50. The van der Waals surface area contributed by atoms with E-state index in [0.717, 1.165) is 12.8 Å². The highest BCUT2D eigenvalue weighted by Gasteiger charge is 2.45. The SMILES string of the molecule is CC1(C(=O)O)CCC(C#N)(c2ccc(OC(F)F)c(OCC3CC3)c2)CC1. The first-order valence-electron chi connectivity index (χ1n) is 9.15. The predicted molar refractivity (Wildman–Crippen MR) is 92.8 cm³/mol. The molecule has 0 radical (unpaired) electrons. The van der Waals surface area contributed by atoms with Gasteiger partial charge in [0.15, 0.2) is 11.5 Å². The number of carbonyl (C=O) groups is 1. The Morgan fingerprint density at radius 3 is 2.48 bits per heavy atom. The molecule has 0 atom stereocenters. The van der Waals surface area contributed by atoms with Crippen molar-refractivity contribution < 1.29 is 28.2 Å². The Bertz CT molecular complexity index is 747. The Labute approximate surface area is 156 Å². The van der Waals surface area contributed by atoms with Gasteiger partial charge in [-0.15, -0.1) is 0 Å². The molecule has 2 aliphatic rings. The van der Waals surface area contributed by atoms with Crippen molar-refractivity contribution in [3.8, 4) is 17.6 Å². The number of aliphatic carboxylic acids is 1. The van der Waals surface area contributed by atoms with Crippen LogP contribution in [0.5, 0.6) is 11.5 Å². The van der Waals surface area contributed by atoms with Crippen LogP contribution in [0, 0.1) is 22.7 Å². The van der Waals surface area contributed by atoms with Gasteiger partial charge in [0.25, 0.3) is 0 Å². The molecule has 2 saturated carbocycles. The zero-order valence-electron chi connectivity index (χ0n) is 15.2. The van der Waals surface area contributed by atoms with Crippen LogP contribution in [0.2, 0.25) is 0 Å². The van der Waals surface area contributed by atoms with Crippen molar-refractivity contribution >= 4 is 5.97 Å². The van der Waals surface area contributed by atoms with Gasteiger partial charge in [-0.25, -0.2) is 0 Å². The normalized spacial score (nSPS) is 27.8. The van der Waals surface area contributed by atoms with Crippen LogP contribution >= 0.6 is 0 Å². The van der Waals surface area contributed by atoms with E-state index in [-0.39, 0.29) is 11.5 Å². The molecule has 27 heavy (non-hydrogen) atoms. The number of carboxylic acids is 1. The van der Waals surface area contributed by atoms with Crippen molar-refractivity contribution in [3.63, 3.8) is 0 Å². The minimum absolute atomic E-state index is 0.0475. The van der Waals surface area contributed by atoms with Gasteiger partial charge in [0.2, 0.25) is 0 Å². The Balaban J connectivity index is 1.86. The summed E-state index contributed by atoms with van der Waals surface area (Å²) in [6, 6.07) is 6.96. The van der Waals surface area contributed by atoms with Crippen LogP contribution < -0.4 is 9.47 Å². The molecule has 0 spiro atoms. The van der Waals surface area contributed by atoms with Gasteiger partial charge in [0.05, 0.1) is 23.5 Å². The van der Waals surface area contributed by atoms with Crippen LogP contribution in [0.25, 0.3) is 0 Å². The molecule has 1 N–H and O–H groups in total. The number of nitrogens with zero attached hydrogens (tertiary/aromatic N) is 1. The van der Waals surface area contributed by atoms with Crippen LogP contribution in [0.4, 0.5) is 8.78 Å². The summed E-state index contributed by atoms with van der Waals surface area (Å²) in [5.74, 6) is -0.262. The van der Waals surface area contributed by atoms with E-state index in [4.69, 9.17) is 4.74 Å². The van der Waals surface area contributed by atoms with Gasteiger partial charge in [-0.2, -0.15) is 14.0 Å². The van der Waals surface area contributed by atoms with Crippen molar-refractivity contribution in [1.29, 1.82) is 5.26 Å². The summed E-state index contributed by atoms with van der Waals surface area (Å²) < 4.78 is 35.6. The van der Waals surface area contributed by atoms with E-state index >= 15 is 0 Å². The van der Waals surface area contributed by atoms with E-state index in [2.05, 4.69) is 10.8 Å². The van der Waals surface area contributed by atoms with Gasteiger partial charge in [0, 0.05) is 0 Å². The van der Waals surface area contributed by atoms with Gasteiger partial charge < -0.3 is 14.6 Å². The zero-order valence-corrected chi connectivity index (χ0v) is 15.2. The highest BCUT2D eigenvalue weighted by atomic mass is 19.3. The summed E-state index contributed by atoms with van der Waals surface area (Å²) in [4.78, 5) is 11.5. The summed E-state index contributed by atoms with van der Waals surface area (Å²) in [5, 5.41) is 19.3. The second-order valence-electron chi connectivity index (χ2n) is 7.85. The first-order valence-corrected chi connectivity index (χ1v) is 9.15. The van der Waals surface area contributed by atoms with Crippen molar-refractivity contribution in [2.24, 2.45) is 11.3 Å². The maximum atomic E-state index is 12.7. The van der Waals surface area contributed by atoms with Gasteiger partial charge in [-0.3, -0.25) is 4.79 Å². The summed E-state index contributed by atoms with van der Waals surface area (Å²) in [7, 11) is 0. The Morgan fingerprint density at radius 1 is 1.30 bits per heavy atom. The maximum absolute atomic E-state index is 12.7. The monoisotopic (exact) mass is 379 g/mol. The number of carboxylic acid groups (broad SMARTS) is 1. The molecule has 0 saturated heterocycles. The largest absolute Gasteiger partial charge is 0.489 e. The van der Waals surface area contributed by atoms with E-state index in [1.807, 2.05) is 0 Å². The van der Waals surface area contributed by atoms with Crippen molar-refractivity contribution in [1.82, 2.24) is 0 Å². The Morgan fingerprint density at radius 2 is 1.96 bits per heavy atom. The molecule has 3 rings (SSSR count). The van der Waals surface area contributed by atoms with Crippen LogP contribution in [-0.4, -0.2) is 24.3 Å².